The first-order valence-corrected chi connectivity index (χ1v) is 10.7. The van der Waals surface area contributed by atoms with Gasteiger partial charge in [0.2, 0.25) is 0 Å². The summed E-state index contributed by atoms with van der Waals surface area (Å²) in [6, 6.07) is 10.7. The molecule has 0 bridgehead atoms. The highest BCUT2D eigenvalue weighted by molar-refractivity contribution is 7.98. The van der Waals surface area contributed by atoms with E-state index in [-0.39, 0.29) is 23.7 Å². The number of rotatable bonds is 5. The van der Waals surface area contributed by atoms with Crippen LogP contribution in [0.3, 0.4) is 0 Å². The Kier molecular flexibility index (Phi) is 9.05. The lowest BCUT2D eigenvalue weighted by Crippen LogP contribution is -2.14. The van der Waals surface area contributed by atoms with E-state index in [4.69, 9.17) is 5.11 Å². The van der Waals surface area contributed by atoms with Gasteiger partial charge in [-0.1, -0.05) is 42.1 Å². The second-order valence-corrected chi connectivity index (χ2v) is 7.51. The van der Waals surface area contributed by atoms with Gasteiger partial charge < -0.3 is 10.4 Å². The number of nitrogens with one attached hydrogen (secondary N) is 1. The number of thioether (sulfide) groups is 1. The molecule has 5 nitrogen and oxygen atoms in total. The lowest BCUT2D eigenvalue weighted by atomic mass is 10.0. The SMILES string of the molecule is CNCc1cc(C(F)(F)F)cc(C(F)(F)F)c1.CSc1ncc(C(=O)O)c(-c2ccccc2)n1. The molecule has 0 atom stereocenters. The summed E-state index contributed by atoms with van der Waals surface area (Å²) < 4.78 is 74.3. The Bertz CT molecular complexity index is 1090. The van der Waals surface area contributed by atoms with Gasteiger partial charge in [0.25, 0.3) is 0 Å². The van der Waals surface area contributed by atoms with Gasteiger partial charge in [0.05, 0.1) is 16.8 Å². The molecule has 0 aliphatic carbocycles. The molecule has 0 radical (unpaired) electrons. The zero-order chi connectivity index (χ0) is 25.5. The van der Waals surface area contributed by atoms with Gasteiger partial charge in [-0.3, -0.25) is 0 Å². The van der Waals surface area contributed by atoms with Crippen LogP contribution in [-0.2, 0) is 18.9 Å². The molecule has 0 spiro atoms. The zero-order valence-corrected chi connectivity index (χ0v) is 18.6. The fourth-order valence-electron chi connectivity index (χ4n) is 2.76. The standard InChI is InChI=1S/C12H10N2O2S.C10H9F6N/c1-17-12-13-7-9(11(15)16)10(14-12)8-5-3-2-4-6-8;1-17-5-6-2-7(9(11,12)13)4-8(3-6)10(14,15)16/h2-7H,1H3,(H,15,16);2-4,17H,5H2,1H3. The first-order valence-electron chi connectivity index (χ1n) is 9.49. The molecule has 0 aliphatic heterocycles. The molecule has 0 amide bonds. The molecule has 3 aromatic rings. The van der Waals surface area contributed by atoms with Crippen LogP contribution in [0.25, 0.3) is 11.3 Å². The van der Waals surface area contributed by atoms with Gasteiger partial charge in [0, 0.05) is 18.3 Å². The Labute approximate surface area is 195 Å². The van der Waals surface area contributed by atoms with E-state index in [0.29, 0.717) is 23.0 Å². The first-order chi connectivity index (χ1) is 15.9. The van der Waals surface area contributed by atoms with Crippen molar-refractivity contribution in [2.24, 2.45) is 0 Å². The van der Waals surface area contributed by atoms with E-state index >= 15 is 0 Å². The fraction of sp³-hybridized carbons (Fsp3) is 0.227. The van der Waals surface area contributed by atoms with Crippen LogP contribution in [0.2, 0.25) is 0 Å². The van der Waals surface area contributed by atoms with Crippen LogP contribution in [0.15, 0.2) is 59.9 Å². The van der Waals surface area contributed by atoms with Gasteiger partial charge in [0.15, 0.2) is 5.16 Å². The summed E-state index contributed by atoms with van der Waals surface area (Å²) in [5, 5.41) is 12.2. The van der Waals surface area contributed by atoms with Crippen LogP contribution in [0, 0.1) is 0 Å². The third-order valence-corrected chi connectivity index (χ3v) is 4.82. The Morgan fingerprint density at radius 1 is 1.00 bits per heavy atom. The highest BCUT2D eigenvalue weighted by Gasteiger charge is 2.36. The Morgan fingerprint density at radius 3 is 2.00 bits per heavy atom. The fourth-order valence-corrected chi connectivity index (χ4v) is 3.10. The number of nitrogens with zero attached hydrogens (tertiary/aromatic N) is 2. The van der Waals surface area contributed by atoms with E-state index in [1.54, 1.807) is 0 Å². The number of carboxylic acids is 1. The normalized spacial score (nSPS) is 11.5. The van der Waals surface area contributed by atoms with E-state index in [1.165, 1.54) is 25.0 Å². The van der Waals surface area contributed by atoms with Crippen molar-refractivity contribution in [3.8, 4) is 11.3 Å². The van der Waals surface area contributed by atoms with Crippen LogP contribution in [-0.4, -0.2) is 34.3 Å². The van der Waals surface area contributed by atoms with Gasteiger partial charge in [-0.2, -0.15) is 26.3 Å². The molecule has 1 aromatic heterocycles. The zero-order valence-electron chi connectivity index (χ0n) is 17.8. The third kappa shape index (κ3) is 7.45. The number of aromatic nitrogens is 2. The summed E-state index contributed by atoms with van der Waals surface area (Å²) in [5.74, 6) is -1.02. The largest absolute Gasteiger partial charge is 0.478 e. The maximum absolute atomic E-state index is 12.4. The molecule has 0 fully saturated rings. The van der Waals surface area contributed by atoms with E-state index in [2.05, 4.69) is 15.3 Å². The molecule has 12 heteroatoms. The predicted octanol–water partition coefficient (Wildman–Crippen LogP) is 6.01. The van der Waals surface area contributed by atoms with Crippen molar-refractivity contribution >= 4 is 17.7 Å². The van der Waals surface area contributed by atoms with Gasteiger partial charge >= 0.3 is 18.3 Å². The molecule has 0 saturated heterocycles. The molecule has 1 heterocycles. The van der Waals surface area contributed by atoms with Gasteiger partial charge in [-0.05, 0) is 37.1 Å². The number of carboxylic acid groups (broad SMARTS) is 1. The van der Waals surface area contributed by atoms with Crippen molar-refractivity contribution in [2.75, 3.05) is 13.3 Å². The van der Waals surface area contributed by atoms with Crippen molar-refractivity contribution in [3.63, 3.8) is 0 Å². The second kappa shape index (κ2) is 11.3. The number of hydrogen-bond donors (Lipinski definition) is 2. The molecule has 34 heavy (non-hydrogen) atoms. The summed E-state index contributed by atoms with van der Waals surface area (Å²) >= 11 is 1.38. The minimum atomic E-state index is -4.79. The van der Waals surface area contributed by atoms with Crippen LogP contribution in [0.5, 0.6) is 0 Å². The molecular formula is C22H19F6N3O2S. The van der Waals surface area contributed by atoms with Crippen molar-refractivity contribution in [3.05, 3.63) is 77.0 Å². The van der Waals surface area contributed by atoms with Gasteiger partial charge in [-0.15, -0.1) is 0 Å². The van der Waals surface area contributed by atoms with E-state index in [0.717, 1.165) is 5.56 Å². The summed E-state index contributed by atoms with van der Waals surface area (Å²) in [4.78, 5) is 19.3. The highest BCUT2D eigenvalue weighted by Crippen LogP contribution is 2.36. The van der Waals surface area contributed by atoms with E-state index in [9.17, 15) is 31.1 Å². The Hall–Kier alpha value is -3.12. The quantitative estimate of drug-likeness (QED) is 0.253. The number of carbonyl (C=O) groups is 1. The molecule has 182 valence electrons. The number of benzene rings is 2. The highest BCUT2D eigenvalue weighted by atomic mass is 32.2. The number of aromatic carboxylic acids is 1. The molecule has 0 saturated carbocycles. The third-order valence-electron chi connectivity index (χ3n) is 4.26. The number of hydrogen-bond acceptors (Lipinski definition) is 5. The topological polar surface area (TPSA) is 75.1 Å². The first kappa shape index (κ1) is 27.1. The summed E-state index contributed by atoms with van der Waals surface area (Å²) in [5.41, 5.74) is -1.29. The smallest absolute Gasteiger partial charge is 0.416 e. The minimum Gasteiger partial charge on any atom is -0.478 e. The second-order valence-electron chi connectivity index (χ2n) is 6.73. The molecule has 2 N–H and O–H groups in total. The van der Waals surface area contributed by atoms with Crippen LogP contribution in [0.4, 0.5) is 26.3 Å². The minimum absolute atomic E-state index is 0.0605. The maximum atomic E-state index is 12.4. The van der Waals surface area contributed by atoms with Crippen molar-refractivity contribution < 1.29 is 36.2 Å². The van der Waals surface area contributed by atoms with Crippen LogP contribution in [0.1, 0.15) is 27.0 Å². The number of halogens is 6. The molecule has 2 aromatic carbocycles. The molecule has 3 rings (SSSR count). The van der Waals surface area contributed by atoms with Crippen LogP contribution < -0.4 is 5.32 Å². The average molecular weight is 503 g/mol. The molecule has 0 unspecified atom stereocenters. The summed E-state index contributed by atoms with van der Waals surface area (Å²) in [6.45, 7) is -0.0625. The van der Waals surface area contributed by atoms with Gasteiger partial charge in [-0.25, -0.2) is 14.8 Å². The molecule has 0 aliphatic rings. The molecular weight excluding hydrogens is 484 g/mol. The van der Waals surface area contributed by atoms with E-state index < -0.39 is 29.4 Å². The Balaban J connectivity index is 0.000000240. The van der Waals surface area contributed by atoms with Gasteiger partial charge in [0.1, 0.15) is 5.56 Å². The van der Waals surface area contributed by atoms with Crippen molar-refractivity contribution in [1.29, 1.82) is 0 Å². The van der Waals surface area contributed by atoms with Crippen LogP contribution >= 0.6 is 11.8 Å². The summed E-state index contributed by atoms with van der Waals surface area (Å²) in [7, 11) is 1.44. The van der Waals surface area contributed by atoms with E-state index in [1.807, 2.05) is 36.6 Å². The van der Waals surface area contributed by atoms with Crippen molar-refractivity contribution in [2.45, 2.75) is 24.1 Å². The van der Waals surface area contributed by atoms with Crippen molar-refractivity contribution in [1.82, 2.24) is 15.3 Å². The summed E-state index contributed by atoms with van der Waals surface area (Å²) in [6.07, 6.45) is -6.37. The number of alkyl halides is 6. The maximum Gasteiger partial charge on any atom is 0.416 e. The average Bonchev–Trinajstić information content (AvgIpc) is 2.78. The lowest BCUT2D eigenvalue weighted by Gasteiger charge is -2.13. The Morgan fingerprint density at radius 2 is 1.56 bits per heavy atom. The monoisotopic (exact) mass is 503 g/mol. The predicted molar refractivity (Wildman–Crippen MR) is 115 cm³/mol. The lowest BCUT2D eigenvalue weighted by molar-refractivity contribution is -0.143.